The van der Waals surface area contributed by atoms with Crippen molar-refractivity contribution in [3.63, 3.8) is 0 Å². The fourth-order valence-electron chi connectivity index (χ4n) is 2.14. The van der Waals surface area contributed by atoms with E-state index in [9.17, 15) is 9.90 Å². The zero-order chi connectivity index (χ0) is 11.5. The third kappa shape index (κ3) is 1.88. The van der Waals surface area contributed by atoms with Crippen molar-refractivity contribution in [1.82, 2.24) is 5.32 Å². The lowest BCUT2D eigenvalue weighted by Gasteiger charge is -2.14. The van der Waals surface area contributed by atoms with Gasteiger partial charge >= 0.3 is 0 Å². The smallest absolute Gasteiger partial charge is 0.160 e. The summed E-state index contributed by atoms with van der Waals surface area (Å²) >= 11 is 0. The van der Waals surface area contributed by atoms with Crippen LogP contribution in [0.5, 0.6) is 11.5 Å². The molecule has 4 heteroatoms. The van der Waals surface area contributed by atoms with E-state index in [1.807, 2.05) is 0 Å². The molecular weight excluding hydrogens is 206 g/mol. The van der Waals surface area contributed by atoms with Crippen LogP contribution < -0.4 is 10.1 Å². The van der Waals surface area contributed by atoms with Crippen LogP contribution in [0, 0.1) is 0 Å². The van der Waals surface area contributed by atoms with Crippen molar-refractivity contribution < 1.29 is 14.6 Å². The number of aromatic hydroxyl groups is 1. The van der Waals surface area contributed by atoms with Crippen molar-refractivity contribution in [3.8, 4) is 11.5 Å². The Labute approximate surface area is 94.2 Å². The topological polar surface area (TPSA) is 58.6 Å². The van der Waals surface area contributed by atoms with Crippen LogP contribution in [-0.2, 0) is 0 Å². The minimum absolute atomic E-state index is 0.0132. The molecule has 0 bridgehead atoms. The molecule has 86 valence electrons. The molecule has 1 aromatic carbocycles. The Morgan fingerprint density at radius 1 is 1.56 bits per heavy atom. The number of benzene rings is 1. The number of carbonyl (C=O) groups is 1. The first-order valence-corrected chi connectivity index (χ1v) is 5.33. The lowest BCUT2D eigenvalue weighted by molar-refractivity contribution is 0.112. The van der Waals surface area contributed by atoms with E-state index in [0.29, 0.717) is 17.2 Å². The van der Waals surface area contributed by atoms with Gasteiger partial charge in [-0.15, -0.1) is 0 Å². The quantitative estimate of drug-likeness (QED) is 0.755. The molecule has 1 aromatic rings. The molecule has 0 radical (unpaired) electrons. The summed E-state index contributed by atoms with van der Waals surface area (Å²) in [5.74, 6) is 0.765. The molecule has 16 heavy (non-hydrogen) atoms. The number of rotatable bonds is 3. The van der Waals surface area contributed by atoms with Gasteiger partial charge in [0.2, 0.25) is 0 Å². The summed E-state index contributed by atoms with van der Waals surface area (Å²) in [6, 6.07) is 3.23. The molecule has 2 N–H and O–H groups in total. The Kier molecular flexibility index (Phi) is 3.10. The highest BCUT2D eigenvalue weighted by atomic mass is 16.5. The average Bonchev–Trinajstić information content (AvgIpc) is 2.82. The lowest BCUT2D eigenvalue weighted by atomic mass is 9.93. The third-order valence-electron chi connectivity index (χ3n) is 3.01. The molecular formula is C12H15NO3. The molecule has 0 saturated carbocycles. The molecule has 1 unspecified atom stereocenters. The van der Waals surface area contributed by atoms with Gasteiger partial charge in [0.15, 0.2) is 11.5 Å². The molecule has 1 atom stereocenters. The monoisotopic (exact) mass is 221 g/mol. The van der Waals surface area contributed by atoms with Crippen LogP contribution in [0.25, 0.3) is 0 Å². The van der Waals surface area contributed by atoms with Crippen molar-refractivity contribution >= 4 is 6.29 Å². The number of aldehydes is 1. The summed E-state index contributed by atoms with van der Waals surface area (Å²) in [6.45, 7) is 1.83. The van der Waals surface area contributed by atoms with Gasteiger partial charge in [-0.3, -0.25) is 4.79 Å². The molecule has 1 saturated heterocycles. The Balaban J connectivity index is 2.44. The van der Waals surface area contributed by atoms with Gasteiger partial charge in [0, 0.05) is 12.1 Å². The largest absolute Gasteiger partial charge is 0.504 e. The number of hydrogen-bond acceptors (Lipinski definition) is 4. The summed E-state index contributed by atoms with van der Waals surface area (Å²) in [7, 11) is 1.51. The van der Waals surface area contributed by atoms with E-state index in [-0.39, 0.29) is 5.75 Å². The number of nitrogens with one attached hydrogen (secondary N) is 1. The first kappa shape index (κ1) is 11.0. The van der Waals surface area contributed by atoms with E-state index in [2.05, 4.69) is 5.32 Å². The minimum atomic E-state index is 0.0132. The predicted molar refractivity (Wildman–Crippen MR) is 60.3 cm³/mol. The Morgan fingerprint density at radius 3 is 2.94 bits per heavy atom. The summed E-state index contributed by atoms with van der Waals surface area (Å²) in [5, 5.41) is 12.8. The first-order chi connectivity index (χ1) is 7.76. The van der Waals surface area contributed by atoms with Gasteiger partial charge < -0.3 is 15.2 Å². The second-order valence-corrected chi connectivity index (χ2v) is 3.96. The Morgan fingerprint density at radius 2 is 2.38 bits per heavy atom. The molecule has 0 aliphatic carbocycles. The van der Waals surface area contributed by atoms with Gasteiger partial charge in [-0.05, 0) is 36.6 Å². The normalized spacial score (nSPS) is 19.7. The van der Waals surface area contributed by atoms with Crippen molar-refractivity contribution in [2.45, 2.75) is 12.3 Å². The summed E-state index contributed by atoms with van der Waals surface area (Å²) < 4.78 is 5.06. The van der Waals surface area contributed by atoms with Gasteiger partial charge in [0.05, 0.1) is 7.11 Å². The van der Waals surface area contributed by atoms with E-state index >= 15 is 0 Å². The highest BCUT2D eigenvalue weighted by Gasteiger charge is 2.21. The van der Waals surface area contributed by atoms with Gasteiger partial charge in [-0.1, -0.05) is 0 Å². The van der Waals surface area contributed by atoms with Gasteiger partial charge in [-0.25, -0.2) is 0 Å². The second kappa shape index (κ2) is 4.53. The Bertz CT molecular complexity index is 397. The third-order valence-corrected chi connectivity index (χ3v) is 3.01. The van der Waals surface area contributed by atoms with Crippen LogP contribution in [-0.4, -0.2) is 31.6 Å². The number of phenols is 1. The van der Waals surface area contributed by atoms with Crippen molar-refractivity contribution in [2.24, 2.45) is 0 Å². The summed E-state index contributed by atoms with van der Waals surface area (Å²) in [6.07, 6.45) is 1.79. The molecule has 1 aliphatic rings. The average molecular weight is 221 g/mol. The maximum atomic E-state index is 11.0. The van der Waals surface area contributed by atoms with Crippen molar-refractivity contribution in [2.75, 3.05) is 20.2 Å². The van der Waals surface area contributed by atoms with E-state index in [1.165, 1.54) is 13.2 Å². The zero-order valence-electron chi connectivity index (χ0n) is 9.19. The molecule has 1 heterocycles. The zero-order valence-corrected chi connectivity index (χ0v) is 9.19. The summed E-state index contributed by atoms with van der Waals surface area (Å²) in [4.78, 5) is 11.0. The minimum Gasteiger partial charge on any atom is -0.504 e. The first-order valence-electron chi connectivity index (χ1n) is 5.33. The van der Waals surface area contributed by atoms with Crippen molar-refractivity contribution in [3.05, 3.63) is 23.3 Å². The standard InChI is InChI=1S/C12H15NO3/c1-16-12-5-10(8-2-3-13-6-8)9(7-14)4-11(12)15/h4-5,7-8,13,15H,2-3,6H2,1H3. The van der Waals surface area contributed by atoms with Crippen molar-refractivity contribution in [1.29, 1.82) is 0 Å². The maximum Gasteiger partial charge on any atom is 0.160 e. The maximum absolute atomic E-state index is 11.0. The molecule has 0 aromatic heterocycles. The van der Waals surface area contributed by atoms with E-state index in [0.717, 1.165) is 31.4 Å². The van der Waals surface area contributed by atoms with E-state index in [4.69, 9.17) is 4.74 Å². The number of hydrogen-bond donors (Lipinski definition) is 2. The fraction of sp³-hybridized carbons (Fsp3) is 0.417. The highest BCUT2D eigenvalue weighted by Crippen LogP contribution is 2.34. The van der Waals surface area contributed by atoms with E-state index < -0.39 is 0 Å². The molecule has 0 amide bonds. The molecule has 0 spiro atoms. The number of methoxy groups -OCH3 is 1. The summed E-state index contributed by atoms with van der Waals surface area (Å²) in [5.41, 5.74) is 1.50. The van der Waals surface area contributed by atoms with Crippen LogP contribution in [0.3, 0.4) is 0 Å². The highest BCUT2D eigenvalue weighted by molar-refractivity contribution is 5.79. The van der Waals surface area contributed by atoms with Gasteiger partial charge in [0.1, 0.15) is 6.29 Å². The van der Waals surface area contributed by atoms with Crippen LogP contribution in [0.1, 0.15) is 28.3 Å². The SMILES string of the molecule is COc1cc(C2CCNC2)c(C=O)cc1O. The van der Waals surface area contributed by atoms with Crippen LogP contribution in [0.2, 0.25) is 0 Å². The number of phenolic OH excluding ortho intramolecular Hbond substituents is 1. The molecule has 4 nitrogen and oxygen atoms in total. The predicted octanol–water partition coefficient (Wildman–Crippen LogP) is 1.29. The molecule has 1 aliphatic heterocycles. The van der Waals surface area contributed by atoms with Crippen LogP contribution in [0.4, 0.5) is 0 Å². The molecule has 2 rings (SSSR count). The second-order valence-electron chi connectivity index (χ2n) is 3.96. The number of carbonyl (C=O) groups excluding carboxylic acids is 1. The van der Waals surface area contributed by atoms with Crippen LogP contribution in [0.15, 0.2) is 12.1 Å². The lowest BCUT2D eigenvalue weighted by Crippen LogP contribution is -2.09. The molecule has 1 fully saturated rings. The van der Waals surface area contributed by atoms with Gasteiger partial charge in [-0.2, -0.15) is 0 Å². The Hall–Kier alpha value is -1.55. The van der Waals surface area contributed by atoms with Gasteiger partial charge in [0.25, 0.3) is 0 Å². The number of ether oxygens (including phenoxy) is 1. The van der Waals surface area contributed by atoms with Crippen LogP contribution >= 0.6 is 0 Å². The van der Waals surface area contributed by atoms with E-state index in [1.54, 1.807) is 6.07 Å². The fourth-order valence-corrected chi connectivity index (χ4v) is 2.14.